The predicted molar refractivity (Wildman–Crippen MR) is 64.9 cm³/mol. The van der Waals surface area contributed by atoms with E-state index in [1.807, 2.05) is 0 Å². The van der Waals surface area contributed by atoms with Crippen LogP contribution in [0.4, 0.5) is 0 Å². The molecule has 1 aliphatic heterocycles. The molecule has 108 valence electrons. The third kappa shape index (κ3) is 2.95. The van der Waals surface area contributed by atoms with Crippen molar-refractivity contribution in [1.82, 2.24) is 14.9 Å². The molecule has 9 heteroatoms. The number of hydrogen-bond acceptors (Lipinski definition) is 6. The minimum absolute atomic E-state index is 0.107. The number of sulfonamides is 1. The number of nitrogens with zero attached hydrogens (tertiary/aromatic N) is 1. The van der Waals surface area contributed by atoms with E-state index in [9.17, 15) is 8.42 Å². The Kier molecular flexibility index (Phi) is 4.21. The molecule has 0 aliphatic carbocycles. The molecule has 3 N–H and O–H groups in total. The summed E-state index contributed by atoms with van der Waals surface area (Å²) < 4.78 is 37.2. The smallest absolute Gasteiger partial charge is 0.257 e. The maximum Gasteiger partial charge on any atom is 0.257 e. The number of H-pyrrole nitrogens is 1. The topological polar surface area (TPSA) is 114 Å². The largest absolute Gasteiger partial charge is 0.392 e. The van der Waals surface area contributed by atoms with Crippen LogP contribution in [-0.4, -0.2) is 56.2 Å². The van der Waals surface area contributed by atoms with E-state index in [1.54, 1.807) is 0 Å². The average molecular weight is 291 g/mol. The van der Waals surface area contributed by atoms with Crippen molar-refractivity contribution >= 4 is 10.0 Å². The molecule has 0 saturated carbocycles. The summed E-state index contributed by atoms with van der Waals surface area (Å²) in [4.78, 5) is 0. The highest BCUT2D eigenvalue weighted by atomic mass is 32.2. The van der Waals surface area contributed by atoms with Gasteiger partial charge >= 0.3 is 0 Å². The standard InChI is InChI=1S/C10H17N3O5S/c1-17-10(2-3-18-7-10)6-12-19(15,16)9-8(5-14)4-11-13-9/h4,12,14H,2-3,5-7H2,1H3,(H,11,13). The Morgan fingerprint density at radius 2 is 2.47 bits per heavy atom. The second-order valence-corrected chi connectivity index (χ2v) is 6.10. The van der Waals surface area contributed by atoms with Crippen LogP contribution in [0.2, 0.25) is 0 Å². The second kappa shape index (κ2) is 5.55. The van der Waals surface area contributed by atoms with Gasteiger partial charge in [0.15, 0.2) is 5.03 Å². The zero-order valence-electron chi connectivity index (χ0n) is 10.5. The number of aliphatic hydroxyl groups is 1. The summed E-state index contributed by atoms with van der Waals surface area (Å²) in [6.07, 6.45) is 1.90. The summed E-state index contributed by atoms with van der Waals surface area (Å²) in [5, 5.41) is 14.9. The molecule has 1 unspecified atom stereocenters. The van der Waals surface area contributed by atoms with E-state index in [0.717, 1.165) is 0 Å². The van der Waals surface area contributed by atoms with Crippen LogP contribution in [0.3, 0.4) is 0 Å². The van der Waals surface area contributed by atoms with Crippen LogP contribution in [0, 0.1) is 0 Å². The molecule has 19 heavy (non-hydrogen) atoms. The highest BCUT2D eigenvalue weighted by molar-refractivity contribution is 7.89. The molecule has 0 radical (unpaired) electrons. The van der Waals surface area contributed by atoms with Crippen LogP contribution >= 0.6 is 0 Å². The maximum absolute atomic E-state index is 12.1. The number of aromatic nitrogens is 2. The fourth-order valence-electron chi connectivity index (χ4n) is 1.90. The van der Waals surface area contributed by atoms with E-state index in [-0.39, 0.29) is 17.1 Å². The van der Waals surface area contributed by atoms with E-state index in [0.29, 0.717) is 19.6 Å². The number of methoxy groups -OCH3 is 1. The van der Waals surface area contributed by atoms with E-state index in [1.165, 1.54) is 13.3 Å². The van der Waals surface area contributed by atoms with Crippen LogP contribution in [0.15, 0.2) is 11.2 Å². The third-order valence-corrected chi connectivity index (χ3v) is 4.62. The van der Waals surface area contributed by atoms with Gasteiger partial charge in [0.2, 0.25) is 0 Å². The highest BCUT2D eigenvalue weighted by Crippen LogP contribution is 2.22. The Balaban J connectivity index is 2.10. The monoisotopic (exact) mass is 291 g/mol. The van der Waals surface area contributed by atoms with Gasteiger partial charge in [0.05, 0.1) is 19.4 Å². The molecule has 1 fully saturated rings. The summed E-state index contributed by atoms with van der Waals surface area (Å²) in [5.41, 5.74) is -0.409. The van der Waals surface area contributed by atoms with Crippen molar-refractivity contribution in [3.63, 3.8) is 0 Å². The predicted octanol–water partition coefficient (Wildman–Crippen LogP) is -1.01. The quantitative estimate of drug-likeness (QED) is 0.618. The van der Waals surface area contributed by atoms with Gasteiger partial charge in [-0.25, -0.2) is 13.1 Å². The Bertz CT molecular complexity index is 521. The Morgan fingerprint density at radius 3 is 3.05 bits per heavy atom. The van der Waals surface area contributed by atoms with Crippen LogP contribution in [-0.2, 0) is 26.1 Å². The lowest BCUT2D eigenvalue weighted by atomic mass is 10.0. The Morgan fingerprint density at radius 1 is 1.68 bits per heavy atom. The minimum Gasteiger partial charge on any atom is -0.392 e. The molecular formula is C10H17N3O5S. The highest BCUT2D eigenvalue weighted by Gasteiger charge is 2.36. The van der Waals surface area contributed by atoms with Gasteiger partial charge in [-0.15, -0.1) is 0 Å². The molecule has 2 heterocycles. The van der Waals surface area contributed by atoms with E-state index >= 15 is 0 Å². The normalized spacial score (nSPS) is 23.9. The zero-order valence-corrected chi connectivity index (χ0v) is 11.4. The minimum atomic E-state index is -3.76. The van der Waals surface area contributed by atoms with Crippen molar-refractivity contribution in [3.05, 3.63) is 11.8 Å². The van der Waals surface area contributed by atoms with Crippen LogP contribution < -0.4 is 4.72 Å². The van der Waals surface area contributed by atoms with Crippen molar-refractivity contribution in [3.8, 4) is 0 Å². The first kappa shape index (κ1) is 14.4. The Hall–Kier alpha value is -1.00. The number of hydrogen-bond donors (Lipinski definition) is 3. The lowest BCUT2D eigenvalue weighted by Gasteiger charge is -2.25. The number of aliphatic hydroxyl groups excluding tert-OH is 1. The van der Waals surface area contributed by atoms with Gasteiger partial charge in [0.1, 0.15) is 5.60 Å². The van der Waals surface area contributed by atoms with Gasteiger partial charge in [0, 0.05) is 32.2 Å². The lowest BCUT2D eigenvalue weighted by Crippen LogP contribution is -2.45. The lowest BCUT2D eigenvalue weighted by molar-refractivity contribution is -0.0120. The van der Waals surface area contributed by atoms with Gasteiger partial charge in [-0.3, -0.25) is 5.10 Å². The van der Waals surface area contributed by atoms with Gasteiger partial charge < -0.3 is 14.6 Å². The van der Waals surface area contributed by atoms with Crippen molar-refractivity contribution in [2.75, 3.05) is 26.9 Å². The average Bonchev–Trinajstić information content (AvgIpc) is 3.06. The molecule has 0 spiro atoms. The summed E-state index contributed by atoms with van der Waals surface area (Å²) in [5.74, 6) is 0. The zero-order chi connectivity index (χ0) is 13.9. The van der Waals surface area contributed by atoms with Gasteiger partial charge in [-0.1, -0.05) is 0 Å². The van der Waals surface area contributed by atoms with Gasteiger partial charge in [-0.2, -0.15) is 5.10 Å². The fraction of sp³-hybridized carbons (Fsp3) is 0.700. The van der Waals surface area contributed by atoms with E-state index in [2.05, 4.69) is 14.9 Å². The molecule has 0 aromatic carbocycles. The number of ether oxygens (including phenoxy) is 2. The fourth-order valence-corrected chi connectivity index (χ4v) is 3.14. The Labute approximate surface area is 111 Å². The molecule has 2 rings (SSSR count). The SMILES string of the molecule is COC1(CNS(=O)(=O)c2[nH]ncc2CO)CCOC1. The van der Waals surface area contributed by atoms with Crippen LogP contribution in [0.25, 0.3) is 0 Å². The van der Waals surface area contributed by atoms with Crippen molar-refractivity contribution < 1.29 is 23.0 Å². The first-order valence-electron chi connectivity index (χ1n) is 5.79. The third-order valence-electron chi connectivity index (χ3n) is 3.20. The molecule has 1 atom stereocenters. The van der Waals surface area contributed by atoms with E-state index < -0.39 is 22.2 Å². The second-order valence-electron chi connectivity index (χ2n) is 4.40. The summed E-state index contributed by atoms with van der Waals surface area (Å²) in [6.45, 7) is 0.602. The summed E-state index contributed by atoms with van der Waals surface area (Å²) in [7, 11) is -2.23. The first-order chi connectivity index (χ1) is 9.03. The van der Waals surface area contributed by atoms with E-state index in [4.69, 9.17) is 14.6 Å². The van der Waals surface area contributed by atoms with Crippen LogP contribution in [0.5, 0.6) is 0 Å². The molecule has 1 aliphatic rings. The maximum atomic E-state index is 12.1. The summed E-state index contributed by atoms with van der Waals surface area (Å²) >= 11 is 0. The van der Waals surface area contributed by atoms with Crippen molar-refractivity contribution in [2.24, 2.45) is 0 Å². The molecule has 0 bridgehead atoms. The van der Waals surface area contributed by atoms with Gasteiger partial charge in [0.25, 0.3) is 10.0 Å². The van der Waals surface area contributed by atoms with Crippen molar-refractivity contribution in [2.45, 2.75) is 23.7 Å². The van der Waals surface area contributed by atoms with Gasteiger partial charge in [-0.05, 0) is 0 Å². The number of nitrogens with one attached hydrogen (secondary N) is 2. The first-order valence-corrected chi connectivity index (χ1v) is 7.27. The molecule has 1 saturated heterocycles. The summed E-state index contributed by atoms with van der Waals surface area (Å²) in [6, 6.07) is 0. The molecular weight excluding hydrogens is 274 g/mol. The molecule has 8 nitrogen and oxygen atoms in total. The van der Waals surface area contributed by atoms with Crippen molar-refractivity contribution in [1.29, 1.82) is 0 Å². The molecule has 0 amide bonds. The number of rotatable bonds is 6. The number of aromatic amines is 1. The molecule has 1 aromatic rings. The molecule has 1 aromatic heterocycles. The van der Waals surface area contributed by atoms with Crippen LogP contribution in [0.1, 0.15) is 12.0 Å².